The van der Waals surface area contributed by atoms with Gasteiger partial charge < -0.3 is 15.2 Å². The molecule has 0 aliphatic heterocycles. The number of nitrogens with two attached hydrogens (primary N) is 1. The second-order valence-electron chi connectivity index (χ2n) is 3.27. The molecule has 5 heteroatoms. The van der Waals surface area contributed by atoms with Gasteiger partial charge in [0.15, 0.2) is 0 Å². The molecule has 0 aromatic rings. The van der Waals surface area contributed by atoms with Gasteiger partial charge in [-0.05, 0) is 20.3 Å². The zero-order chi connectivity index (χ0) is 12.6. The summed E-state index contributed by atoms with van der Waals surface area (Å²) in [6.07, 6.45) is 1.49. The van der Waals surface area contributed by atoms with E-state index >= 15 is 0 Å². The molecule has 0 aromatic carbocycles. The molecule has 0 rings (SSSR count). The van der Waals surface area contributed by atoms with E-state index in [2.05, 4.69) is 6.58 Å². The number of carbonyl (C=O) groups excluding carboxylic acids is 2. The average Bonchev–Trinajstić information content (AvgIpc) is 2.26. The van der Waals surface area contributed by atoms with Crippen LogP contribution in [0, 0.1) is 0 Å². The van der Waals surface area contributed by atoms with E-state index in [1.807, 2.05) is 0 Å². The largest absolute Gasteiger partial charge is 0.466 e. The lowest BCUT2D eigenvalue weighted by Gasteiger charge is -2.22. The summed E-state index contributed by atoms with van der Waals surface area (Å²) in [5.74, 6) is -0.960. The van der Waals surface area contributed by atoms with Crippen molar-refractivity contribution in [3.8, 4) is 0 Å². The molecule has 92 valence electrons. The Balaban J connectivity index is 4.31. The van der Waals surface area contributed by atoms with Gasteiger partial charge in [-0.15, -0.1) is 6.58 Å². The topological polar surface area (TPSA) is 78.6 Å². The molecular weight excluding hydrogens is 210 g/mol. The first-order valence-corrected chi connectivity index (χ1v) is 5.25. The van der Waals surface area contributed by atoms with Crippen molar-refractivity contribution in [2.75, 3.05) is 13.2 Å². The summed E-state index contributed by atoms with van der Waals surface area (Å²) in [6, 6.07) is 0. The molecule has 0 saturated heterocycles. The minimum atomic E-state index is -1.32. The SMILES string of the molecule is C=C[C@](N)(CCC(=O)OCC)C(=O)OCC. The molecule has 0 amide bonds. The Morgan fingerprint density at radius 2 is 1.88 bits per heavy atom. The predicted octanol–water partition coefficient (Wildman–Crippen LogP) is 0.776. The van der Waals surface area contributed by atoms with Crippen LogP contribution < -0.4 is 5.73 Å². The van der Waals surface area contributed by atoms with Gasteiger partial charge in [-0.2, -0.15) is 0 Å². The molecule has 0 radical (unpaired) electrons. The maximum absolute atomic E-state index is 11.5. The molecule has 0 saturated carbocycles. The smallest absolute Gasteiger partial charge is 0.330 e. The molecule has 0 heterocycles. The van der Waals surface area contributed by atoms with Crippen LogP contribution in [0.3, 0.4) is 0 Å². The highest BCUT2D eigenvalue weighted by atomic mass is 16.5. The summed E-state index contributed by atoms with van der Waals surface area (Å²) in [7, 11) is 0. The zero-order valence-corrected chi connectivity index (χ0v) is 9.82. The van der Waals surface area contributed by atoms with Crippen LogP contribution in [0.4, 0.5) is 0 Å². The molecule has 16 heavy (non-hydrogen) atoms. The highest BCUT2D eigenvalue weighted by Gasteiger charge is 2.32. The molecule has 1 atom stereocenters. The van der Waals surface area contributed by atoms with E-state index in [1.165, 1.54) is 6.08 Å². The first-order chi connectivity index (χ1) is 7.50. The fourth-order valence-electron chi connectivity index (χ4n) is 1.09. The van der Waals surface area contributed by atoms with Crippen molar-refractivity contribution in [3.05, 3.63) is 12.7 Å². The van der Waals surface area contributed by atoms with E-state index in [-0.39, 0.29) is 25.4 Å². The van der Waals surface area contributed by atoms with E-state index < -0.39 is 11.5 Å². The Labute approximate surface area is 95.6 Å². The van der Waals surface area contributed by atoms with Crippen LogP contribution in [-0.4, -0.2) is 30.7 Å². The highest BCUT2D eigenvalue weighted by molar-refractivity contribution is 5.83. The highest BCUT2D eigenvalue weighted by Crippen LogP contribution is 2.14. The van der Waals surface area contributed by atoms with Gasteiger partial charge in [0.05, 0.1) is 13.2 Å². The van der Waals surface area contributed by atoms with Crippen molar-refractivity contribution < 1.29 is 19.1 Å². The van der Waals surface area contributed by atoms with Crippen molar-refractivity contribution in [3.63, 3.8) is 0 Å². The minimum absolute atomic E-state index is 0.0647. The molecule has 0 unspecified atom stereocenters. The minimum Gasteiger partial charge on any atom is -0.466 e. The summed E-state index contributed by atoms with van der Waals surface area (Å²) < 4.78 is 9.54. The maximum atomic E-state index is 11.5. The Bertz CT molecular complexity index is 265. The Morgan fingerprint density at radius 1 is 1.31 bits per heavy atom. The summed E-state index contributed by atoms with van der Waals surface area (Å²) >= 11 is 0. The van der Waals surface area contributed by atoms with Crippen molar-refractivity contribution in [2.24, 2.45) is 5.73 Å². The van der Waals surface area contributed by atoms with Crippen LogP contribution in [0.2, 0.25) is 0 Å². The fraction of sp³-hybridized carbons (Fsp3) is 0.636. The van der Waals surface area contributed by atoms with E-state index in [4.69, 9.17) is 15.2 Å². The Hall–Kier alpha value is -1.36. The van der Waals surface area contributed by atoms with Crippen LogP contribution in [0.15, 0.2) is 12.7 Å². The normalized spacial score (nSPS) is 13.7. The number of hydrogen-bond donors (Lipinski definition) is 1. The summed E-state index contributed by atoms with van der Waals surface area (Å²) in [6.45, 7) is 7.43. The van der Waals surface area contributed by atoms with Gasteiger partial charge in [-0.1, -0.05) is 6.08 Å². The van der Waals surface area contributed by atoms with E-state index in [0.717, 1.165) is 0 Å². The van der Waals surface area contributed by atoms with Crippen molar-refractivity contribution in [2.45, 2.75) is 32.2 Å². The van der Waals surface area contributed by atoms with Crippen molar-refractivity contribution >= 4 is 11.9 Å². The number of ether oxygens (including phenoxy) is 2. The van der Waals surface area contributed by atoms with E-state index in [0.29, 0.717) is 6.61 Å². The molecular formula is C11H19NO4. The number of carbonyl (C=O) groups is 2. The Kier molecular flexibility index (Phi) is 6.41. The van der Waals surface area contributed by atoms with Crippen LogP contribution in [0.25, 0.3) is 0 Å². The monoisotopic (exact) mass is 229 g/mol. The predicted molar refractivity (Wildman–Crippen MR) is 59.6 cm³/mol. The zero-order valence-electron chi connectivity index (χ0n) is 9.82. The van der Waals surface area contributed by atoms with Gasteiger partial charge in [-0.3, -0.25) is 4.79 Å². The third kappa shape index (κ3) is 4.44. The fourth-order valence-corrected chi connectivity index (χ4v) is 1.09. The third-order valence-corrected chi connectivity index (χ3v) is 2.07. The quantitative estimate of drug-likeness (QED) is 0.515. The first kappa shape index (κ1) is 14.6. The van der Waals surface area contributed by atoms with Crippen LogP contribution in [0.5, 0.6) is 0 Å². The standard InChI is InChI=1S/C11H19NO4/c1-4-11(12,10(14)16-6-3)8-7-9(13)15-5-2/h4H,1,5-8,12H2,2-3H3/t11-/m0/s1. The molecule has 0 spiro atoms. The Morgan fingerprint density at radius 3 is 2.31 bits per heavy atom. The number of rotatable bonds is 7. The second-order valence-corrected chi connectivity index (χ2v) is 3.27. The van der Waals surface area contributed by atoms with Crippen LogP contribution in [0.1, 0.15) is 26.7 Å². The van der Waals surface area contributed by atoms with Crippen molar-refractivity contribution in [1.29, 1.82) is 0 Å². The molecule has 2 N–H and O–H groups in total. The average molecular weight is 229 g/mol. The van der Waals surface area contributed by atoms with E-state index in [9.17, 15) is 9.59 Å². The summed E-state index contributed by atoms with van der Waals surface area (Å²) in [5, 5.41) is 0. The molecule has 0 aliphatic carbocycles. The number of esters is 2. The molecule has 0 aliphatic rings. The van der Waals surface area contributed by atoms with Gasteiger partial charge in [0.1, 0.15) is 5.54 Å². The molecule has 0 bridgehead atoms. The van der Waals surface area contributed by atoms with Crippen molar-refractivity contribution in [1.82, 2.24) is 0 Å². The van der Waals surface area contributed by atoms with Gasteiger partial charge in [0.25, 0.3) is 0 Å². The molecule has 0 fully saturated rings. The van der Waals surface area contributed by atoms with Gasteiger partial charge in [0, 0.05) is 6.42 Å². The van der Waals surface area contributed by atoms with Gasteiger partial charge in [0.2, 0.25) is 0 Å². The van der Waals surface area contributed by atoms with Crippen LogP contribution >= 0.6 is 0 Å². The van der Waals surface area contributed by atoms with E-state index in [1.54, 1.807) is 13.8 Å². The van der Waals surface area contributed by atoms with Gasteiger partial charge >= 0.3 is 11.9 Å². The summed E-state index contributed by atoms with van der Waals surface area (Å²) in [5.41, 5.74) is 4.45. The lowest BCUT2D eigenvalue weighted by Crippen LogP contribution is -2.47. The molecule has 5 nitrogen and oxygen atoms in total. The maximum Gasteiger partial charge on any atom is 0.330 e. The van der Waals surface area contributed by atoms with Crippen LogP contribution in [-0.2, 0) is 19.1 Å². The van der Waals surface area contributed by atoms with Gasteiger partial charge in [-0.25, -0.2) is 4.79 Å². The molecule has 0 aromatic heterocycles. The first-order valence-electron chi connectivity index (χ1n) is 5.25. The third-order valence-electron chi connectivity index (χ3n) is 2.07. The second kappa shape index (κ2) is 7.00. The number of hydrogen-bond acceptors (Lipinski definition) is 5. The lowest BCUT2D eigenvalue weighted by molar-refractivity contribution is -0.149. The summed E-state index contributed by atoms with van der Waals surface area (Å²) in [4.78, 5) is 22.6. The lowest BCUT2D eigenvalue weighted by atomic mass is 9.95.